The van der Waals surface area contributed by atoms with Crippen LogP contribution in [0, 0.1) is 11.7 Å². The van der Waals surface area contributed by atoms with Crippen molar-refractivity contribution in [3.8, 4) is 0 Å². The number of carbonyl (C=O) groups is 1. The van der Waals surface area contributed by atoms with Crippen LogP contribution in [0.3, 0.4) is 0 Å². The quantitative estimate of drug-likeness (QED) is 0.560. The molecule has 0 bridgehead atoms. The molecule has 1 amide bonds. The van der Waals surface area contributed by atoms with Gasteiger partial charge in [0.05, 0.1) is 17.4 Å². The fourth-order valence-electron chi connectivity index (χ4n) is 4.07. The number of carbonyl (C=O) groups excluding carboxylic acids is 1. The maximum absolute atomic E-state index is 14.2. The standard InChI is InChI=1S/C23H26F4N2O2/c1-3-31-19-11-15(14-4-7-18(28-2)8-5-14)10-16(12-19)22(30)29-21-9-6-17(13-20(21)24)23(25,26)27/h4-9,13,15-16,19,28H,3,10-12H2,1-2H3,(H,29,30). The number of hydrogen-bond donors (Lipinski definition) is 2. The topological polar surface area (TPSA) is 50.4 Å². The maximum Gasteiger partial charge on any atom is 0.416 e. The van der Waals surface area contributed by atoms with Crippen LogP contribution >= 0.6 is 0 Å². The molecule has 2 N–H and O–H groups in total. The van der Waals surface area contributed by atoms with E-state index in [2.05, 4.69) is 10.6 Å². The number of hydrogen-bond acceptors (Lipinski definition) is 3. The highest BCUT2D eigenvalue weighted by molar-refractivity contribution is 5.92. The average molecular weight is 438 g/mol. The van der Waals surface area contributed by atoms with Gasteiger partial charge in [0.25, 0.3) is 0 Å². The highest BCUT2D eigenvalue weighted by Gasteiger charge is 2.35. The van der Waals surface area contributed by atoms with Crippen LogP contribution in [0.1, 0.15) is 43.2 Å². The molecule has 0 spiro atoms. The predicted octanol–water partition coefficient (Wildman–Crippen LogP) is 5.81. The molecule has 4 nitrogen and oxygen atoms in total. The molecule has 168 valence electrons. The molecule has 2 aromatic carbocycles. The van der Waals surface area contributed by atoms with E-state index in [-0.39, 0.29) is 17.7 Å². The van der Waals surface area contributed by atoms with Crippen molar-refractivity contribution in [2.75, 3.05) is 24.3 Å². The summed E-state index contributed by atoms with van der Waals surface area (Å²) in [6, 6.07) is 10.1. The van der Waals surface area contributed by atoms with Crippen molar-refractivity contribution >= 4 is 17.3 Å². The van der Waals surface area contributed by atoms with Crippen LogP contribution in [-0.4, -0.2) is 25.7 Å². The summed E-state index contributed by atoms with van der Waals surface area (Å²) in [5.74, 6) is -1.88. The summed E-state index contributed by atoms with van der Waals surface area (Å²) >= 11 is 0. The van der Waals surface area contributed by atoms with Crippen LogP contribution in [0.15, 0.2) is 42.5 Å². The van der Waals surface area contributed by atoms with Crippen LogP contribution in [0.25, 0.3) is 0 Å². The highest BCUT2D eigenvalue weighted by Crippen LogP contribution is 2.39. The van der Waals surface area contributed by atoms with Gasteiger partial charge in [0.1, 0.15) is 5.82 Å². The Morgan fingerprint density at radius 3 is 2.39 bits per heavy atom. The number of alkyl halides is 3. The van der Waals surface area contributed by atoms with Gasteiger partial charge in [-0.1, -0.05) is 12.1 Å². The van der Waals surface area contributed by atoms with Gasteiger partial charge in [0.15, 0.2) is 0 Å². The lowest BCUT2D eigenvalue weighted by molar-refractivity contribution is -0.137. The molecule has 0 aromatic heterocycles. The number of anilines is 2. The monoisotopic (exact) mass is 438 g/mol. The van der Waals surface area contributed by atoms with Crippen molar-refractivity contribution in [3.63, 3.8) is 0 Å². The number of benzene rings is 2. The minimum atomic E-state index is -4.65. The van der Waals surface area contributed by atoms with Crippen LogP contribution in [-0.2, 0) is 15.7 Å². The molecule has 1 saturated carbocycles. The molecule has 2 aromatic rings. The molecule has 0 saturated heterocycles. The molecule has 3 unspecified atom stereocenters. The lowest BCUT2D eigenvalue weighted by atomic mass is 9.76. The van der Waals surface area contributed by atoms with E-state index in [1.54, 1.807) is 0 Å². The third-order valence-electron chi connectivity index (χ3n) is 5.66. The Balaban J connectivity index is 1.75. The van der Waals surface area contributed by atoms with Crippen molar-refractivity contribution in [1.82, 2.24) is 0 Å². The van der Waals surface area contributed by atoms with Gasteiger partial charge in [-0.3, -0.25) is 4.79 Å². The second-order valence-corrected chi connectivity index (χ2v) is 7.73. The van der Waals surface area contributed by atoms with Gasteiger partial charge in [0.2, 0.25) is 5.91 Å². The Labute approximate surface area is 179 Å². The second kappa shape index (κ2) is 9.68. The van der Waals surface area contributed by atoms with Crippen LogP contribution in [0.2, 0.25) is 0 Å². The third kappa shape index (κ3) is 5.76. The van der Waals surface area contributed by atoms with Crippen molar-refractivity contribution in [2.45, 2.75) is 44.4 Å². The van der Waals surface area contributed by atoms with Crippen LogP contribution in [0.5, 0.6) is 0 Å². The Morgan fingerprint density at radius 2 is 1.81 bits per heavy atom. The SMILES string of the molecule is CCOC1CC(C(=O)Nc2ccc(C(F)(F)F)cc2F)CC(c2ccc(NC)cc2)C1. The largest absolute Gasteiger partial charge is 0.416 e. The lowest BCUT2D eigenvalue weighted by Crippen LogP contribution is -2.35. The van der Waals surface area contributed by atoms with Gasteiger partial charge in [-0.05, 0) is 68.0 Å². The van der Waals surface area contributed by atoms with Gasteiger partial charge in [-0.25, -0.2) is 4.39 Å². The zero-order valence-electron chi connectivity index (χ0n) is 17.4. The molecular weight excluding hydrogens is 412 g/mol. The molecule has 1 fully saturated rings. The first-order valence-electron chi connectivity index (χ1n) is 10.3. The van der Waals surface area contributed by atoms with Crippen LogP contribution < -0.4 is 10.6 Å². The first-order chi connectivity index (χ1) is 14.7. The van der Waals surface area contributed by atoms with Crippen LogP contribution in [0.4, 0.5) is 28.9 Å². The molecule has 3 rings (SSSR count). The molecule has 8 heteroatoms. The van der Waals surface area contributed by atoms with E-state index in [9.17, 15) is 22.4 Å². The summed E-state index contributed by atoms with van der Waals surface area (Å²) in [6.45, 7) is 2.40. The van der Waals surface area contributed by atoms with E-state index < -0.39 is 29.4 Å². The fourth-order valence-corrected chi connectivity index (χ4v) is 4.07. The summed E-state index contributed by atoms with van der Waals surface area (Å²) in [6.07, 6.45) is -2.97. The first-order valence-corrected chi connectivity index (χ1v) is 10.3. The second-order valence-electron chi connectivity index (χ2n) is 7.73. The molecule has 0 aliphatic heterocycles. The summed E-state index contributed by atoms with van der Waals surface area (Å²) in [7, 11) is 1.83. The molecule has 3 atom stereocenters. The Morgan fingerprint density at radius 1 is 1.10 bits per heavy atom. The van der Waals surface area contributed by atoms with E-state index in [0.717, 1.165) is 29.8 Å². The predicted molar refractivity (Wildman–Crippen MR) is 112 cm³/mol. The van der Waals surface area contributed by atoms with Crippen molar-refractivity contribution in [2.24, 2.45) is 5.92 Å². The lowest BCUT2D eigenvalue weighted by Gasteiger charge is -2.34. The van der Waals surface area contributed by atoms with Crippen molar-refractivity contribution in [1.29, 1.82) is 0 Å². The maximum atomic E-state index is 14.2. The highest BCUT2D eigenvalue weighted by atomic mass is 19.4. The average Bonchev–Trinajstić information content (AvgIpc) is 2.74. The smallest absolute Gasteiger partial charge is 0.388 e. The number of amides is 1. The first kappa shape index (κ1) is 23.1. The zero-order valence-corrected chi connectivity index (χ0v) is 17.4. The summed E-state index contributed by atoms with van der Waals surface area (Å²) in [5, 5.41) is 5.53. The molecule has 0 heterocycles. The zero-order chi connectivity index (χ0) is 22.6. The van der Waals surface area contributed by atoms with Crippen molar-refractivity contribution in [3.05, 3.63) is 59.4 Å². The Bertz CT molecular complexity index is 899. The van der Waals surface area contributed by atoms with E-state index in [1.807, 2.05) is 38.2 Å². The summed E-state index contributed by atoms with van der Waals surface area (Å²) in [4.78, 5) is 12.9. The van der Waals surface area contributed by atoms with E-state index in [1.165, 1.54) is 0 Å². The Hall–Kier alpha value is -2.61. The van der Waals surface area contributed by atoms with E-state index >= 15 is 0 Å². The van der Waals surface area contributed by atoms with Gasteiger partial charge in [0, 0.05) is 25.3 Å². The third-order valence-corrected chi connectivity index (χ3v) is 5.66. The minimum Gasteiger partial charge on any atom is -0.388 e. The molecular formula is C23H26F4N2O2. The van der Waals surface area contributed by atoms with Gasteiger partial charge < -0.3 is 15.4 Å². The summed E-state index contributed by atoms with van der Waals surface area (Å²) < 4.78 is 58.2. The molecule has 31 heavy (non-hydrogen) atoms. The van der Waals surface area contributed by atoms with E-state index in [4.69, 9.17) is 4.74 Å². The minimum absolute atomic E-state index is 0.0874. The summed E-state index contributed by atoms with van der Waals surface area (Å²) in [5.41, 5.74) is 0.712. The number of ether oxygens (including phenoxy) is 1. The van der Waals surface area contributed by atoms with Gasteiger partial charge in [-0.15, -0.1) is 0 Å². The Kier molecular flexibility index (Phi) is 7.20. The number of nitrogens with one attached hydrogen (secondary N) is 2. The molecule has 1 aliphatic carbocycles. The molecule has 1 aliphatic rings. The number of rotatable bonds is 6. The fraction of sp³-hybridized carbons (Fsp3) is 0.435. The normalized spacial score (nSPS) is 21.5. The van der Waals surface area contributed by atoms with E-state index in [0.29, 0.717) is 25.5 Å². The molecule has 0 radical (unpaired) electrons. The number of halogens is 4. The van der Waals surface area contributed by atoms with Crippen molar-refractivity contribution < 1.29 is 27.1 Å². The van der Waals surface area contributed by atoms with Gasteiger partial charge >= 0.3 is 6.18 Å². The van der Waals surface area contributed by atoms with Gasteiger partial charge in [-0.2, -0.15) is 13.2 Å².